The first kappa shape index (κ1) is 21.5. The number of alkyl halides is 4. The van der Waals surface area contributed by atoms with Crippen LogP contribution in [0, 0.1) is 5.92 Å². The van der Waals surface area contributed by atoms with Gasteiger partial charge in [0, 0.05) is 22.4 Å². The first-order valence-corrected chi connectivity index (χ1v) is 10.1. The third kappa shape index (κ3) is 4.08. The van der Waals surface area contributed by atoms with Gasteiger partial charge in [-0.15, -0.1) is 0 Å². The van der Waals surface area contributed by atoms with Gasteiger partial charge in [-0.2, -0.15) is 18.3 Å². The molecule has 10 heteroatoms. The predicted octanol–water partition coefficient (Wildman–Crippen LogP) is 5.10. The summed E-state index contributed by atoms with van der Waals surface area (Å²) >= 11 is 0. The molecule has 3 aromatic heterocycles. The molecule has 4 rings (SSSR count). The maximum Gasteiger partial charge on any atom is 0.418 e. The normalized spacial score (nSPS) is 22.5. The van der Waals surface area contributed by atoms with Crippen molar-refractivity contribution in [2.45, 2.75) is 44.6 Å². The van der Waals surface area contributed by atoms with Crippen molar-refractivity contribution in [3.05, 3.63) is 36.0 Å². The summed E-state index contributed by atoms with van der Waals surface area (Å²) in [6, 6.07) is 5.42. The topological polar surface area (TPSA) is 77.9 Å². The lowest BCUT2D eigenvalue weighted by atomic mass is 9.84. The van der Waals surface area contributed by atoms with E-state index in [2.05, 4.69) is 20.2 Å². The number of nitrogens with one attached hydrogen (secondary N) is 1. The summed E-state index contributed by atoms with van der Waals surface area (Å²) in [6.07, 6.45) is -3.95. The summed E-state index contributed by atoms with van der Waals surface area (Å²) in [5.74, 6) is 0.229. The Morgan fingerprint density at radius 1 is 1.32 bits per heavy atom. The molecule has 1 saturated heterocycles. The van der Waals surface area contributed by atoms with Gasteiger partial charge < -0.3 is 10.0 Å². The molecule has 0 spiro atoms. The van der Waals surface area contributed by atoms with E-state index < -0.39 is 23.5 Å². The summed E-state index contributed by atoms with van der Waals surface area (Å²) in [6.45, 7) is 3.86. The Morgan fingerprint density at radius 3 is 2.81 bits per heavy atom. The van der Waals surface area contributed by atoms with Crippen molar-refractivity contribution < 1.29 is 26.9 Å². The Balaban J connectivity index is 0.00000193. The van der Waals surface area contributed by atoms with Crippen LogP contribution in [0.1, 0.15) is 36.5 Å². The highest BCUT2D eigenvalue weighted by Crippen LogP contribution is 2.40. The number of anilines is 1. The number of aromatic nitrogens is 4. The van der Waals surface area contributed by atoms with Crippen LogP contribution in [-0.2, 0) is 6.18 Å². The molecular weight excluding hydrogens is 414 g/mol. The van der Waals surface area contributed by atoms with Gasteiger partial charge in [0.05, 0.1) is 23.9 Å². The molecule has 4 heterocycles. The smallest absolute Gasteiger partial charge is 0.390 e. The van der Waals surface area contributed by atoms with Gasteiger partial charge in [0.1, 0.15) is 11.5 Å². The predicted molar refractivity (Wildman–Crippen MR) is 115 cm³/mol. The van der Waals surface area contributed by atoms with Crippen LogP contribution < -0.4 is 4.90 Å². The van der Waals surface area contributed by atoms with Gasteiger partial charge >= 0.3 is 6.18 Å². The molecule has 1 aliphatic rings. The van der Waals surface area contributed by atoms with Crippen LogP contribution in [0.25, 0.3) is 22.4 Å². The van der Waals surface area contributed by atoms with E-state index in [-0.39, 0.29) is 59.0 Å². The summed E-state index contributed by atoms with van der Waals surface area (Å²) in [7, 11) is 0. The Bertz CT molecular complexity index is 1100. The second-order valence-corrected chi connectivity index (χ2v) is 8.40. The summed E-state index contributed by atoms with van der Waals surface area (Å²) in [4.78, 5) is 9.92. The number of nitrogens with zero attached hydrogens (tertiary/aromatic N) is 4. The lowest BCUT2D eigenvalue weighted by molar-refractivity contribution is -0.137. The summed E-state index contributed by atoms with van der Waals surface area (Å²) < 4.78 is 56.7. The number of aliphatic hydroxyl groups is 1. The third-order valence-corrected chi connectivity index (χ3v) is 5.55. The van der Waals surface area contributed by atoms with Gasteiger partial charge in [-0.1, -0.05) is 13.8 Å². The standard InChI is InChI=1S/C21H23F4N5O.3H2/c1-12(2)10-20(22)11-30(9-7-15(20)31)16-6-5-14(21(23,24)25)18(27-16)17-13-4-3-8-26-19(13)29-28-17;;;/h3-6,8,12,15,31H,7,9-11H2,1-2H3,(H,26,28,29);3*1H/t15-,20-;;;/m1.../s1. The fourth-order valence-corrected chi connectivity index (χ4v) is 4.19. The maximum atomic E-state index is 15.5. The van der Waals surface area contributed by atoms with E-state index in [9.17, 15) is 18.3 Å². The first-order valence-electron chi connectivity index (χ1n) is 10.1. The monoisotopic (exact) mass is 443 g/mol. The number of piperidine rings is 1. The number of rotatable bonds is 4. The molecule has 2 atom stereocenters. The fourth-order valence-electron chi connectivity index (χ4n) is 4.19. The van der Waals surface area contributed by atoms with E-state index in [1.807, 2.05) is 13.8 Å². The molecule has 172 valence electrons. The molecule has 31 heavy (non-hydrogen) atoms. The number of pyridine rings is 2. The van der Waals surface area contributed by atoms with Crippen LogP contribution >= 0.6 is 0 Å². The molecule has 0 amide bonds. The van der Waals surface area contributed by atoms with Crippen molar-refractivity contribution in [3.8, 4) is 11.4 Å². The molecule has 0 saturated carbocycles. The SMILES string of the molecule is CC(C)C[C@@]1(F)CN(c2ccc(C(F)(F)F)c(-c3[nH]nc4ncccc34)n2)CC[C@H]1O.[HH].[HH].[HH]. The highest BCUT2D eigenvalue weighted by molar-refractivity contribution is 5.90. The molecule has 3 aromatic rings. The van der Waals surface area contributed by atoms with Crippen molar-refractivity contribution in [2.75, 3.05) is 18.0 Å². The molecule has 0 unspecified atom stereocenters. The zero-order chi connectivity index (χ0) is 22.4. The first-order chi connectivity index (χ1) is 14.6. The van der Waals surface area contributed by atoms with Crippen LogP contribution in [-0.4, -0.2) is 50.1 Å². The summed E-state index contributed by atoms with van der Waals surface area (Å²) in [5, 5.41) is 17.2. The fraction of sp³-hybridized carbons (Fsp3) is 0.476. The van der Waals surface area contributed by atoms with Crippen molar-refractivity contribution in [2.24, 2.45) is 5.92 Å². The Hall–Kier alpha value is -2.75. The van der Waals surface area contributed by atoms with Crippen molar-refractivity contribution in [3.63, 3.8) is 0 Å². The van der Waals surface area contributed by atoms with Gasteiger partial charge in [0.15, 0.2) is 11.3 Å². The molecular formula is C21H29F4N5O. The van der Waals surface area contributed by atoms with Crippen LogP contribution in [0.3, 0.4) is 0 Å². The van der Waals surface area contributed by atoms with Gasteiger partial charge in [0.2, 0.25) is 0 Å². The number of fused-ring (bicyclic) bond motifs is 1. The van der Waals surface area contributed by atoms with Gasteiger partial charge in [-0.05, 0) is 43.0 Å². The van der Waals surface area contributed by atoms with Crippen molar-refractivity contribution in [1.29, 1.82) is 0 Å². The molecule has 0 bridgehead atoms. The van der Waals surface area contributed by atoms with Crippen LogP contribution in [0.4, 0.5) is 23.4 Å². The Labute approximate surface area is 180 Å². The second-order valence-electron chi connectivity index (χ2n) is 8.40. The minimum Gasteiger partial charge on any atom is -0.390 e. The molecule has 2 N–H and O–H groups in total. The lowest BCUT2D eigenvalue weighted by Crippen LogP contribution is -2.55. The molecule has 0 radical (unpaired) electrons. The zero-order valence-electron chi connectivity index (χ0n) is 17.1. The van der Waals surface area contributed by atoms with E-state index >= 15 is 4.39 Å². The molecule has 0 aromatic carbocycles. The number of aromatic amines is 1. The van der Waals surface area contributed by atoms with Gasteiger partial charge in [0.25, 0.3) is 0 Å². The third-order valence-electron chi connectivity index (χ3n) is 5.55. The van der Waals surface area contributed by atoms with E-state index in [0.29, 0.717) is 5.39 Å². The Kier molecular flexibility index (Phi) is 5.36. The summed E-state index contributed by atoms with van der Waals surface area (Å²) in [5.41, 5.74) is -2.72. The van der Waals surface area contributed by atoms with Gasteiger partial charge in [-0.25, -0.2) is 14.4 Å². The second kappa shape index (κ2) is 7.74. The highest BCUT2D eigenvalue weighted by atomic mass is 19.4. The van der Waals surface area contributed by atoms with Crippen LogP contribution in [0.2, 0.25) is 0 Å². The van der Waals surface area contributed by atoms with Gasteiger partial charge in [-0.3, -0.25) is 5.10 Å². The van der Waals surface area contributed by atoms with Crippen LogP contribution in [0.5, 0.6) is 0 Å². The van der Waals surface area contributed by atoms with Crippen molar-refractivity contribution >= 4 is 16.9 Å². The lowest BCUT2D eigenvalue weighted by Gasteiger charge is -2.42. The molecule has 1 aliphatic heterocycles. The maximum absolute atomic E-state index is 15.5. The van der Waals surface area contributed by atoms with E-state index in [1.165, 1.54) is 12.3 Å². The van der Waals surface area contributed by atoms with E-state index in [4.69, 9.17) is 0 Å². The number of aliphatic hydroxyl groups excluding tert-OH is 1. The van der Waals surface area contributed by atoms with Crippen LogP contribution in [0.15, 0.2) is 30.5 Å². The Morgan fingerprint density at radius 2 is 2.10 bits per heavy atom. The molecule has 6 nitrogen and oxygen atoms in total. The minimum absolute atomic E-state index is 0. The highest BCUT2D eigenvalue weighted by Gasteiger charge is 2.44. The van der Waals surface area contributed by atoms with E-state index in [1.54, 1.807) is 17.0 Å². The number of halogens is 4. The number of hydrogen-bond donors (Lipinski definition) is 2. The molecule has 0 aliphatic carbocycles. The van der Waals surface area contributed by atoms with Crippen molar-refractivity contribution in [1.82, 2.24) is 20.2 Å². The average Bonchev–Trinajstić information content (AvgIpc) is 3.12. The largest absolute Gasteiger partial charge is 0.418 e. The zero-order valence-corrected chi connectivity index (χ0v) is 17.1. The quantitative estimate of drug-likeness (QED) is 0.549. The number of H-pyrrole nitrogens is 1. The number of hydrogen-bond acceptors (Lipinski definition) is 5. The molecule has 1 fully saturated rings. The van der Waals surface area contributed by atoms with E-state index in [0.717, 1.165) is 6.07 Å². The average molecular weight is 443 g/mol. The minimum atomic E-state index is -4.64.